The van der Waals surface area contributed by atoms with E-state index in [1.807, 2.05) is 13.0 Å². The number of carbonyl (C=O) groups excluding carboxylic acids is 1. The minimum Gasteiger partial charge on any atom is -0.353 e. The Balaban J connectivity index is 2.11. The van der Waals surface area contributed by atoms with Gasteiger partial charge in [0.05, 0.1) is 12.1 Å². The second-order valence-electron chi connectivity index (χ2n) is 3.84. The summed E-state index contributed by atoms with van der Waals surface area (Å²) in [5, 5.41) is 9.39. The number of hydrogen-bond donors (Lipinski definition) is 3. The average Bonchev–Trinajstić information content (AvgIpc) is 2.27. The third-order valence-electron chi connectivity index (χ3n) is 2.91. The third-order valence-corrected chi connectivity index (χ3v) is 2.91. The van der Waals surface area contributed by atoms with Crippen molar-refractivity contribution in [2.45, 2.75) is 31.8 Å². The maximum absolute atomic E-state index is 11.6. The molecule has 3 N–H and O–H groups in total. The van der Waals surface area contributed by atoms with Gasteiger partial charge < -0.3 is 10.1 Å². The molecule has 2 aliphatic rings. The highest BCUT2D eigenvalue weighted by atomic mass is 16.5. The van der Waals surface area contributed by atoms with E-state index in [0.29, 0.717) is 0 Å². The molecule has 84 valence electrons. The summed E-state index contributed by atoms with van der Waals surface area (Å²) in [5.74, 6) is 0.0539. The maximum atomic E-state index is 11.6. The van der Waals surface area contributed by atoms with Gasteiger partial charge >= 0.3 is 0 Å². The first-order chi connectivity index (χ1) is 7.24. The first kappa shape index (κ1) is 10.6. The second kappa shape index (κ2) is 4.30. The molecule has 1 saturated heterocycles. The van der Waals surface area contributed by atoms with E-state index in [1.165, 1.54) is 0 Å². The first-order valence-corrected chi connectivity index (χ1v) is 5.28. The van der Waals surface area contributed by atoms with Crippen molar-refractivity contribution in [2.75, 3.05) is 13.7 Å². The lowest BCUT2D eigenvalue weighted by molar-refractivity contribution is -0.119. The fourth-order valence-electron chi connectivity index (χ4n) is 2.00. The lowest BCUT2D eigenvalue weighted by Gasteiger charge is -2.39. The Hall–Kier alpha value is -0.910. The zero-order chi connectivity index (χ0) is 10.8. The van der Waals surface area contributed by atoms with Crippen LogP contribution >= 0.6 is 0 Å². The van der Waals surface area contributed by atoms with E-state index in [4.69, 9.17) is 4.74 Å². The van der Waals surface area contributed by atoms with Gasteiger partial charge in [0.2, 0.25) is 5.91 Å². The van der Waals surface area contributed by atoms with Crippen LogP contribution in [0.2, 0.25) is 0 Å². The molecule has 0 aromatic rings. The van der Waals surface area contributed by atoms with Crippen LogP contribution in [0.5, 0.6) is 0 Å². The monoisotopic (exact) mass is 211 g/mol. The number of rotatable bonds is 2. The van der Waals surface area contributed by atoms with Crippen molar-refractivity contribution in [1.82, 2.24) is 16.0 Å². The SMILES string of the molecule is CCC1=CC2NC(OC)NCC2NC1=O. The fourth-order valence-corrected chi connectivity index (χ4v) is 2.00. The van der Waals surface area contributed by atoms with Gasteiger partial charge in [0.25, 0.3) is 0 Å². The molecule has 0 spiro atoms. The predicted octanol–water partition coefficient (Wildman–Crippen LogP) is -0.687. The van der Waals surface area contributed by atoms with Crippen molar-refractivity contribution in [3.63, 3.8) is 0 Å². The van der Waals surface area contributed by atoms with Gasteiger partial charge in [0.15, 0.2) is 6.35 Å². The Bertz CT molecular complexity index is 290. The first-order valence-electron chi connectivity index (χ1n) is 5.28. The standard InChI is InChI=1S/C10H17N3O2/c1-3-6-4-7-8(12-9(6)14)5-11-10(13-7)15-2/h4,7-8,10-11,13H,3,5H2,1-2H3,(H,12,14). The average molecular weight is 211 g/mol. The van der Waals surface area contributed by atoms with E-state index in [1.54, 1.807) is 7.11 Å². The van der Waals surface area contributed by atoms with Crippen LogP contribution in [-0.2, 0) is 9.53 Å². The molecule has 0 aromatic carbocycles. The molecule has 0 aliphatic carbocycles. The normalized spacial score (nSPS) is 35.5. The summed E-state index contributed by atoms with van der Waals surface area (Å²) < 4.78 is 5.17. The zero-order valence-electron chi connectivity index (χ0n) is 9.04. The summed E-state index contributed by atoms with van der Waals surface area (Å²) in [4.78, 5) is 11.6. The highest BCUT2D eigenvalue weighted by molar-refractivity contribution is 5.94. The molecule has 15 heavy (non-hydrogen) atoms. The predicted molar refractivity (Wildman–Crippen MR) is 56.0 cm³/mol. The molecule has 2 rings (SSSR count). The molecule has 1 amide bonds. The molecule has 3 atom stereocenters. The second-order valence-corrected chi connectivity index (χ2v) is 3.84. The van der Waals surface area contributed by atoms with Gasteiger partial charge in [-0.3, -0.25) is 15.4 Å². The fraction of sp³-hybridized carbons (Fsp3) is 0.700. The van der Waals surface area contributed by atoms with Crippen LogP contribution in [0, 0.1) is 0 Å². The molecule has 0 saturated carbocycles. The van der Waals surface area contributed by atoms with Gasteiger partial charge in [-0.25, -0.2) is 0 Å². The van der Waals surface area contributed by atoms with Crippen molar-refractivity contribution in [3.05, 3.63) is 11.6 Å². The lowest BCUT2D eigenvalue weighted by atomic mass is 9.96. The highest BCUT2D eigenvalue weighted by Crippen LogP contribution is 2.14. The number of amides is 1. The zero-order valence-corrected chi connectivity index (χ0v) is 9.04. The van der Waals surface area contributed by atoms with Crippen molar-refractivity contribution >= 4 is 5.91 Å². The van der Waals surface area contributed by atoms with Gasteiger partial charge in [-0.15, -0.1) is 0 Å². The summed E-state index contributed by atoms with van der Waals surface area (Å²) in [5.41, 5.74) is 0.848. The summed E-state index contributed by atoms with van der Waals surface area (Å²) >= 11 is 0. The number of fused-ring (bicyclic) bond motifs is 1. The minimum atomic E-state index is -0.129. The number of hydrogen-bond acceptors (Lipinski definition) is 4. The Morgan fingerprint density at radius 1 is 1.60 bits per heavy atom. The molecule has 0 aromatic heterocycles. The van der Waals surface area contributed by atoms with Gasteiger partial charge in [0.1, 0.15) is 0 Å². The van der Waals surface area contributed by atoms with Crippen molar-refractivity contribution in [1.29, 1.82) is 0 Å². The quantitative estimate of drug-likeness (QED) is 0.566. The van der Waals surface area contributed by atoms with E-state index in [2.05, 4.69) is 16.0 Å². The number of methoxy groups -OCH3 is 1. The van der Waals surface area contributed by atoms with Crippen molar-refractivity contribution < 1.29 is 9.53 Å². The van der Waals surface area contributed by atoms with Crippen LogP contribution in [0.1, 0.15) is 13.3 Å². The van der Waals surface area contributed by atoms with Gasteiger partial charge in [-0.2, -0.15) is 0 Å². The van der Waals surface area contributed by atoms with Crippen LogP contribution in [0.3, 0.4) is 0 Å². The number of ether oxygens (including phenoxy) is 1. The number of nitrogens with one attached hydrogen (secondary N) is 3. The molecule has 0 radical (unpaired) electrons. The largest absolute Gasteiger partial charge is 0.353 e. The van der Waals surface area contributed by atoms with Gasteiger partial charge in [0, 0.05) is 19.2 Å². The van der Waals surface area contributed by atoms with E-state index in [-0.39, 0.29) is 24.3 Å². The van der Waals surface area contributed by atoms with Crippen LogP contribution < -0.4 is 16.0 Å². The summed E-state index contributed by atoms with van der Waals surface area (Å²) in [6.07, 6.45) is 2.65. The van der Waals surface area contributed by atoms with E-state index in [0.717, 1.165) is 18.5 Å². The molecule has 2 heterocycles. The Labute approximate surface area is 89.2 Å². The highest BCUT2D eigenvalue weighted by Gasteiger charge is 2.33. The van der Waals surface area contributed by atoms with Crippen LogP contribution in [0.4, 0.5) is 0 Å². The molecular formula is C10H17N3O2. The van der Waals surface area contributed by atoms with Gasteiger partial charge in [-0.1, -0.05) is 13.0 Å². The van der Waals surface area contributed by atoms with E-state index < -0.39 is 0 Å². The van der Waals surface area contributed by atoms with Crippen molar-refractivity contribution in [3.8, 4) is 0 Å². The topological polar surface area (TPSA) is 62.4 Å². The van der Waals surface area contributed by atoms with Crippen LogP contribution in [-0.4, -0.2) is 38.0 Å². The van der Waals surface area contributed by atoms with Crippen LogP contribution in [0.15, 0.2) is 11.6 Å². The minimum absolute atomic E-state index is 0.0539. The summed E-state index contributed by atoms with van der Waals surface area (Å²) in [6.45, 7) is 2.72. The number of carbonyl (C=O) groups is 1. The van der Waals surface area contributed by atoms with Gasteiger partial charge in [-0.05, 0) is 6.42 Å². The molecule has 2 aliphatic heterocycles. The molecular weight excluding hydrogens is 194 g/mol. The molecule has 0 bridgehead atoms. The lowest BCUT2D eigenvalue weighted by Crippen LogP contribution is -2.67. The summed E-state index contributed by atoms with van der Waals surface area (Å²) in [7, 11) is 1.65. The van der Waals surface area contributed by atoms with Crippen LogP contribution in [0.25, 0.3) is 0 Å². The third kappa shape index (κ3) is 2.04. The molecule has 5 nitrogen and oxygen atoms in total. The smallest absolute Gasteiger partial charge is 0.247 e. The molecule has 1 fully saturated rings. The van der Waals surface area contributed by atoms with E-state index in [9.17, 15) is 4.79 Å². The summed E-state index contributed by atoms with van der Waals surface area (Å²) in [6, 6.07) is 0.294. The Morgan fingerprint density at radius 3 is 3.07 bits per heavy atom. The van der Waals surface area contributed by atoms with Crippen molar-refractivity contribution in [2.24, 2.45) is 0 Å². The Morgan fingerprint density at radius 2 is 2.40 bits per heavy atom. The Kier molecular flexibility index (Phi) is 3.04. The molecule has 3 unspecified atom stereocenters. The molecule has 5 heteroatoms. The van der Waals surface area contributed by atoms with E-state index >= 15 is 0 Å². The maximum Gasteiger partial charge on any atom is 0.247 e.